The van der Waals surface area contributed by atoms with Gasteiger partial charge in [-0.25, -0.2) is 9.29 Å². The number of carbonyl (C=O) groups is 1. The molecule has 0 saturated carbocycles. The van der Waals surface area contributed by atoms with Crippen LogP contribution in [0.2, 0.25) is 0 Å². The first-order valence-corrected chi connectivity index (χ1v) is 13.6. The molecule has 1 aliphatic heterocycles. The minimum atomic E-state index is -5.03. The third-order valence-corrected chi connectivity index (χ3v) is 7.92. The summed E-state index contributed by atoms with van der Waals surface area (Å²) in [4.78, 5) is 13.1. The van der Waals surface area contributed by atoms with Gasteiger partial charge in [0.2, 0.25) is 12.3 Å². The van der Waals surface area contributed by atoms with E-state index in [1.807, 2.05) is 13.8 Å². The van der Waals surface area contributed by atoms with Gasteiger partial charge >= 0.3 is 12.4 Å². The van der Waals surface area contributed by atoms with Crippen molar-refractivity contribution in [3.05, 3.63) is 64.0 Å². The van der Waals surface area contributed by atoms with Crippen molar-refractivity contribution in [1.82, 2.24) is 4.90 Å². The fourth-order valence-electron chi connectivity index (χ4n) is 5.78. The summed E-state index contributed by atoms with van der Waals surface area (Å²) in [6, 6.07) is 3.05. The summed E-state index contributed by atoms with van der Waals surface area (Å²) in [5, 5.41) is 13.3. The molecule has 3 unspecified atom stereocenters. The first-order valence-electron chi connectivity index (χ1n) is 13.6. The molecular formula is C30H33F7N2O4. The molecule has 0 bridgehead atoms. The van der Waals surface area contributed by atoms with E-state index in [1.54, 1.807) is 6.92 Å². The highest BCUT2D eigenvalue weighted by Gasteiger charge is 2.44. The minimum absolute atomic E-state index is 0.0455. The molecule has 3 atom stereocenters. The number of amides is 1. The number of rotatable bonds is 6. The SMILES string of the molecule is COc1cc(F)c(NC(C)=O)cc1C1=C(CN2C(O)OC(c3cc(C(F)(F)F)cc(C(F)(F)F)c3)C2C)CC(C)(C)CC1. The van der Waals surface area contributed by atoms with E-state index in [9.17, 15) is 40.6 Å². The van der Waals surface area contributed by atoms with Crippen LogP contribution in [0.5, 0.6) is 5.75 Å². The zero-order valence-corrected chi connectivity index (χ0v) is 24.2. The Morgan fingerprint density at radius 3 is 2.23 bits per heavy atom. The van der Waals surface area contributed by atoms with Gasteiger partial charge in [0.25, 0.3) is 0 Å². The maximum Gasteiger partial charge on any atom is 0.416 e. The molecule has 0 aromatic heterocycles. The Labute approximate surface area is 244 Å². The molecule has 1 aliphatic carbocycles. The Hall–Kier alpha value is -3.16. The molecule has 43 heavy (non-hydrogen) atoms. The van der Waals surface area contributed by atoms with Crippen LogP contribution in [0.1, 0.15) is 75.3 Å². The van der Waals surface area contributed by atoms with Gasteiger partial charge in [-0.15, -0.1) is 0 Å². The standard InChI is InChI=1S/C30H33F7N2O4/c1-15-26(17-8-19(29(32,33)34)10-20(9-17)30(35,36)37)43-27(41)39(15)14-18-13-28(3,4)7-6-21(18)22-11-24(38-16(2)40)23(31)12-25(22)42-5/h8-12,15,26-27,41H,6-7,13-14H2,1-5H3,(H,38,40). The highest BCUT2D eigenvalue weighted by atomic mass is 19.4. The summed E-state index contributed by atoms with van der Waals surface area (Å²) >= 11 is 0. The molecule has 2 aromatic carbocycles. The lowest BCUT2D eigenvalue weighted by atomic mass is 9.72. The van der Waals surface area contributed by atoms with Gasteiger partial charge in [0, 0.05) is 31.1 Å². The molecule has 0 spiro atoms. The van der Waals surface area contributed by atoms with Crippen molar-refractivity contribution >= 4 is 17.2 Å². The van der Waals surface area contributed by atoms with Crippen molar-refractivity contribution in [3.63, 3.8) is 0 Å². The number of carbonyl (C=O) groups excluding carboxylic acids is 1. The van der Waals surface area contributed by atoms with Crippen molar-refractivity contribution < 1.29 is 50.1 Å². The predicted molar refractivity (Wildman–Crippen MR) is 144 cm³/mol. The lowest BCUT2D eigenvalue weighted by Gasteiger charge is -2.36. The molecule has 2 N–H and O–H groups in total. The molecule has 4 rings (SSSR count). The number of methoxy groups -OCH3 is 1. The van der Waals surface area contributed by atoms with E-state index in [0.717, 1.165) is 23.6 Å². The fraction of sp³-hybridized carbons (Fsp3) is 0.500. The topological polar surface area (TPSA) is 71.0 Å². The minimum Gasteiger partial charge on any atom is -0.496 e. The molecule has 2 aromatic rings. The summed E-state index contributed by atoms with van der Waals surface area (Å²) < 4.78 is 107. The van der Waals surface area contributed by atoms with Gasteiger partial charge in [-0.1, -0.05) is 19.4 Å². The van der Waals surface area contributed by atoms with Crippen LogP contribution in [0.3, 0.4) is 0 Å². The van der Waals surface area contributed by atoms with E-state index < -0.39 is 53.8 Å². The zero-order chi connectivity index (χ0) is 32.1. The predicted octanol–water partition coefficient (Wildman–Crippen LogP) is 7.53. The number of benzene rings is 2. The number of halogens is 7. The maximum atomic E-state index is 14.7. The summed E-state index contributed by atoms with van der Waals surface area (Å²) in [6.07, 6.45) is -11.2. The van der Waals surface area contributed by atoms with E-state index in [-0.39, 0.29) is 35.0 Å². The van der Waals surface area contributed by atoms with Gasteiger partial charge in [-0.2, -0.15) is 26.3 Å². The molecule has 13 heteroatoms. The lowest BCUT2D eigenvalue weighted by Crippen LogP contribution is -2.38. The molecular weight excluding hydrogens is 585 g/mol. The fourth-order valence-corrected chi connectivity index (χ4v) is 5.78. The summed E-state index contributed by atoms with van der Waals surface area (Å²) in [7, 11) is 1.37. The van der Waals surface area contributed by atoms with Crippen LogP contribution in [0.4, 0.5) is 36.4 Å². The maximum absolute atomic E-state index is 14.7. The lowest BCUT2D eigenvalue weighted by molar-refractivity contribution is -0.150. The zero-order valence-electron chi connectivity index (χ0n) is 24.2. The molecule has 0 radical (unpaired) electrons. The Bertz CT molecular complexity index is 1390. The highest BCUT2D eigenvalue weighted by Crippen LogP contribution is 2.47. The summed E-state index contributed by atoms with van der Waals surface area (Å²) in [5.74, 6) is -0.964. The number of aliphatic hydroxyl groups is 1. The normalized spacial score (nSPS) is 23.0. The van der Waals surface area contributed by atoms with Gasteiger partial charge in [0.1, 0.15) is 17.7 Å². The number of hydrogen-bond acceptors (Lipinski definition) is 5. The second-order valence-electron chi connectivity index (χ2n) is 11.8. The van der Waals surface area contributed by atoms with Crippen LogP contribution in [-0.4, -0.2) is 42.0 Å². The number of nitrogens with one attached hydrogen (secondary N) is 1. The van der Waals surface area contributed by atoms with E-state index in [1.165, 1.54) is 25.0 Å². The van der Waals surface area contributed by atoms with Crippen LogP contribution in [0, 0.1) is 11.2 Å². The number of ether oxygens (including phenoxy) is 2. The molecule has 1 fully saturated rings. The van der Waals surface area contributed by atoms with Crippen molar-refractivity contribution in [2.24, 2.45) is 5.41 Å². The Morgan fingerprint density at radius 1 is 1.09 bits per heavy atom. The Kier molecular flexibility index (Phi) is 8.94. The highest BCUT2D eigenvalue weighted by molar-refractivity contribution is 5.90. The number of nitrogens with zero attached hydrogens (tertiary/aromatic N) is 1. The van der Waals surface area contributed by atoms with Crippen LogP contribution >= 0.6 is 0 Å². The van der Waals surface area contributed by atoms with Crippen LogP contribution in [-0.2, 0) is 21.9 Å². The average Bonchev–Trinajstić information content (AvgIpc) is 3.16. The smallest absolute Gasteiger partial charge is 0.416 e. The van der Waals surface area contributed by atoms with Crippen LogP contribution < -0.4 is 10.1 Å². The number of anilines is 1. The second-order valence-corrected chi connectivity index (χ2v) is 11.8. The monoisotopic (exact) mass is 618 g/mol. The van der Waals surface area contributed by atoms with Crippen molar-refractivity contribution in [3.8, 4) is 5.75 Å². The Balaban J connectivity index is 1.75. The number of alkyl halides is 6. The largest absolute Gasteiger partial charge is 0.496 e. The van der Waals surface area contributed by atoms with Crippen LogP contribution in [0.15, 0.2) is 35.9 Å². The van der Waals surface area contributed by atoms with Gasteiger partial charge in [-0.3, -0.25) is 4.79 Å². The third kappa shape index (κ3) is 7.15. The first kappa shape index (κ1) is 32.7. The molecule has 2 aliphatic rings. The second kappa shape index (κ2) is 11.7. The summed E-state index contributed by atoms with van der Waals surface area (Å²) in [5.41, 5.74) is -1.48. The van der Waals surface area contributed by atoms with Crippen LogP contribution in [0.25, 0.3) is 5.57 Å². The molecule has 1 amide bonds. The van der Waals surface area contributed by atoms with Gasteiger partial charge < -0.3 is 19.9 Å². The number of allylic oxidation sites excluding steroid dienone is 1. The van der Waals surface area contributed by atoms with E-state index in [4.69, 9.17) is 9.47 Å². The molecule has 1 saturated heterocycles. The van der Waals surface area contributed by atoms with Crippen molar-refractivity contribution in [1.29, 1.82) is 0 Å². The van der Waals surface area contributed by atoms with Crippen molar-refractivity contribution in [2.45, 2.75) is 77.9 Å². The first-order chi connectivity index (χ1) is 19.8. The number of hydrogen-bond donors (Lipinski definition) is 2. The molecule has 1 heterocycles. The van der Waals surface area contributed by atoms with E-state index >= 15 is 0 Å². The quantitative estimate of drug-likeness (QED) is 0.328. The number of aliphatic hydroxyl groups excluding tert-OH is 1. The van der Waals surface area contributed by atoms with E-state index in [2.05, 4.69) is 5.32 Å². The van der Waals surface area contributed by atoms with E-state index in [0.29, 0.717) is 30.5 Å². The van der Waals surface area contributed by atoms with Gasteiger partial charge in [0.05, 0.1) is 23.9 Å². The Morgan fingerprint density at radius 2 is 1.70 bits per heavy atom. The van der Waals surface area contributed by atoms with Gasteiger partial charge in [-0.05, 0) is 67.0 Å². The average molecular weight is 619 g/mol. The van der Waals surface area contributed by atoms with Gasteiger partial charge in [0.15, 0.2) is 0 Å². The van der Waals surface area contributed by atoms with Crippen molar-refractivity contribution in [2.75, 3.05) is 19.0 Å². The summed E-state index contributed by atoms with van der Waals surface area (Å²) in [6.45, 7) is 6.93. The molecule has 236 valence electrons. The third-order valence-electron chi connectivity index (χ3n) is 7.92. The molecule has 6 nitrogen and oxygen atoms in total.